The molecule has 0 heterocycles. The predicted molar refractivity (Wildman–Crippen MR) is 91.2 cm³/mol. The molecular weight excluding hydrogens is 386 g/mol. The molecule has 1 aromatic carbocycles. The molecule has 1 unspecified atom stereocenters. The van der Waals surface area contributed by atoms with Crippen molar-refractivity contribution in [1.29, 1.82) is 0 Å². The number of hydrogen-bond acceptors (Lipinski definition) is 2. The molecule has 0 aliphatic carbocycles. The number of halogens is 2. The van der Waals surface area contributed by atoms with E-state index in [4.69, 9.17) is 0 Å². The molecule has 0 radical (unpaired) electrons. The Bertz CT molecular complexity index is 450. The molecule has 0 aliphatic heterocycles. The van der Waals surface area contributed by atoms with Crippen LogP contribution < -0.4 is 10.6 Å². The molecule has 0 fully saturated rings. The number of carbonyl (C=O) groups is 1. The first-order valence-electron chi connectivity index (χ1n) is 6.71. The van der Waals surface area contributed by atoms with E-state index in [9.17, 15) is 4.79 Å². The third-order valence-electron chi connectivity index (χ3n) is 3.17. The number of anilines is 1. The van der Waals surface area contributed by atoms with Gasteiger partial charge in [0.05, 0.1) is 5.69 Å². The van der Waals surface area contributed by atoms with Crippen LogP contribution in [0.5, 0.6) is 0 Å². The normalized spacial score (nSPS) is 12.3. The molecule has 2 amide bonds. The van der Waals surface area contributed by atoms with Crippen molar-refractivity contribution in [1.82, 2.24) is 10.2 Å². The van der Waals surface area contributed by atoms with Crippen molar-refractivity contribution in [3.05, 3.63) is 27.1 Å². The Hall–Kier alpha value is -0.590. The van der Waals surface area contributed by atoms with Gasteiger partial charge in [-0.2, -0.15) is 0 Å². The van der Waals surface area contributed by atoms with E-state index < -0.39 is 0 Å². The first-order chi connectivity index (χ1) is 9.47. The zero-order chi connectivity index (χ0) is 15.1. The van der Waals surface area contributed by atoms with E-state index in [1.165, 1.54) is 0 Å². The Morgan fingerprint density at radius 1 is 1.30 bits per heavy atom. The van der Waals surface area contributed by atoms with Crippen LogP contribution in [-0.2, 0) is 0 Å². The summed E-state index contributed by atoms with van der Waals surface area (Å²) in [6.45, 7) is 8.95. The second-order valence-corrected chi connectivity index (χ2v) is 6.30. The highest BCUT2D eigenvalue weighted by Gasteiger charge is 2.12. The van der Waals surface area contributed by atoms with E-state index in [0.29, 0.717) is 12.6 Å². The Morgan fingerprint density at radius 3 is 2.55 bits per heavy atom. The number of likely N-dealkylation sites (N-methyl/N-ethyl adjacent to an activating group) is 1. The average Bonchev–Trinajstić information content (AvgIpc) is 2.42. The third kappa shape index (κ3) is 5.42. The number of rotatable bonds is 6. The maximum absolute atomic E-state index is 11.9. The van der Waals surface area contributed by atoms with E-state index in [0.717, 1.165) is 27.7 Å². The van der Waals surface area contributed by atoms with Gasteiger partial charge < -0.3 is 10.6 Å². The van der Waals surface area contributed by atoms with Gasteiger partial charge in [-0.25, -0.2) is 4.79 Å². The first kappa shape index (κ1) is 17.5. The lowest BCUT2D eigenvalue weighted by Crippen LogP contribution is -2.43. The molecule has 0 saturated carbocycles. The van der Waals surface area contributed by atoms with Crippen LogP contribution in [0.1, 0.15) is 20.8 Å². The monoisotopic (exact) mass is 405 g/mol. The second kappa shape index (κ2) is 8.64. The lowest BCUT2D eigenvalue weighted by atomic mass is 10.3. The number of nitrogens with zero attached hydrogens (tertiary/aromatic N) is 1. The number of amides is 2. The van der Waals surface area contributed by atoms with Gasteiger partial charge in [-0.15, -0.1) is 0 Å². The molecule has 4 nitrogen and oxygen atoms in total. The molecule has 112 valence electrons. The molecule has 0 aliphatic rings. The van der Waals surface area contributed by atoms with E-state index in [1.807, 2.05) is 18.2 Å². The maximum Gasteiger partial charge on any atom is 0.319 e. The van der Waals surface area contributed by atoms with Gasteiger partial charge in [0.2, 0.25) is 0 Å². The van der Waals surface area contributed by atoms with Crippen molar-refractivity contribution in [2.24, 2.45) is 0 Å². The SMILES string of the molecule is CCN(CC)C(C)CNC(=O)Nc1cc(Br)ccc1Br. The Balaban J connectivity index is 2.50. The molecule has 0 aromatic heterocycles. The molecule has 20 heavy (non-hydrogen) atoms. The van der Waals surface area contributed by atoms with Crippen LogP contribution in [0.25, 0.3) is 0 Å². The van der Waals surface area contributed by atoms with Crippen LogP contribution in [0.3, 0.4) is 0 Å². The van der Waals surface area contributed by atoms with Crippen LogP contribution in [0.15, 0.2) is 27.1 Å². The first-order valence-corrected chi connectivity index (χ1v) is 8.30. The summed E-state index contributed by atoms with van der Waals surface area (Å²) in [5.74, 6) is 0. The number of urea groups is 1. The lowest BCUT2D eigenvalue weighted by molar-refractivity contribution is 0.220. The number of benzene rings is 1. The molecule has 2 N–H and O–H groups in total. The van der Waals surface area contributed by atoms with Crippen LogP contribution >= 0.6 is 31.9 Å². The predicted octanol–water partition coefficient (Wildman–Crippen LogP) is 4.06. The number of hydrogen-bond donors (Lipinski definition) is 2. The molecule has 0 bridgehead atoms. The summed E-state index contributed by atoms with van der Waals surface area (Å²) in [6, 6.07) is 5.79. The summed E-state index contributed by atoms with van der Waals surface area (Å²) in [5.41, 5.74) is 0.743. The molecule has 1 rings (SSSR count). The third-order valence-corrected chi connectivity index (χ3v) is 4.36. The summed E-state index contributed by atoms with van der Waals surface area (Å²) in [6.07, 6.45) is 0. The average molecular weight is 407 g/mol. The molecule has 0 spiro atoms. The van der Waals surface area contributed by atoms with Crippen molar-refractivity contribution in [3.8, 4) is 0 Å². The minimum absolute atomic E-state index is 0.192. The highest BCUT2D eigenvalue weighted by atomic mass is 79.9. The molecule has 1 atom stereocenters. The Morgan fingerprint density at radius 2 is 1.95 bits per heavy atom. The van der Waals surface area contributed by atoms with Crippen molar-refractivity contribution in [2.75, 3.05) is 25.0 Å². The minimum Gasteiger partial charge on any atom is -0.336 e. The van der Waals surface area contributed by atoms with Crippen molar-refractivity contribution >= 4 is 43.6 Å². The molecule has 0 saturated heterocycles. The van der Waals surface area contributed by atoms with Crippen LogP contribution in [-0.4, -0.2) is 36.6 Å². The highest BCUT2D eigenvalue weighted by molar-refractivity contribution is 9.11. The van der Waals surface area contributed by atoms with Gasteiger partial charge in [0.25, 0.3) is 0 Å². The fourth-order valence-corrected chi connectivity index (χ4v) is 2.68. The smallest absolute Gasteiger partial charge is 0.319 e. The zero-order valence-corrected chi connectivity index (χ0v) is 15.2. The Kier molecular flexibility index (Phi) is 7.55. The molecule has 1 aromatic rings. The van der Waals surface area contributed by atoms with Gasteiger partial charge in [-0.05, 0) is 54.1 Å². The van der Waals surface area contributed by atoms with E-state index >= 15 is 0 Å². The summed E-state index contributed by atoms with van der Waals surface area (Å²) in [4.78, 5) is 14.2. The molecular formula is C14H21Br2N3O. The fourth-order valence-electron chi connectivity index (χ4n) is 1.98. The zero-order valence-electron chi connectivity index (χ0n) is 12.0. The van der Waals surface area contributed by atoms with Crippen molar-refractivity contribution in [3.63, 3.8) is 0 Å². The van der Waals surface area contributed by atoms with Gasteiger partial charge in [0, 0.05) is 21.5 Å². The maximum atomic E-state index is 11.9. The van der Waals surface area contributed by atoms with Gasteiger partial charge in [-0.1, -0.05) is 29.8 Å². The van der Waals surface area contributed by atoms with Crippen molar-refractivity contribution in [2.45, 2.75) is 26.8 Å². The number of carbonyl (C=O) groups excluding carboxylic acids is 1. The number of nitrogens with one attached hydrogen (secondary N) is 2. The minimum atomic E-state index is -0.192. The summed E-state index contributed by atoms with van der Waals surface area (Å²) >= 11 is 6.80. The van der Waals surface area contributed by atoms with E-state index in [1.54, 1.807) is 0 Å². The fraction of sp³-hybridized carbons (Fsp3) is 0.500. The quantitative estimate of drug-likeness (QED) is 0.747. The summed E-state index contributed by atoms with van der Waals surface area (Å²) < 4.78 is 1.78. The molecule has 6 heteroatoms. The van der Waals surface area contributed by atoms with Crippen molar-refractivity contribution < 1.29 is 4.79 Å². The second-order valence-electron chi connectivity index (χ2n) is 4.53. The topological polar surface area (TPSA) is 44.4 Å². The van der Waals surface area contributed by atoms with Gasteiger partial charge in [0.1, 0.15) is 0 Å². The van der Waals surface area contributed by atoms with Gasteiger partial charge in [0.15, 0.2) is 0 Å². The Labute approximate surface area is 137 Å². The lowest BCUT2D eigenvalue weighted by Gasteiger charge is -2.26. The highest BCUT2D eigenvalue weighted by Crippen LogP contribution is 2.25. The summed E-state index contributed by atoms with van der Waals surface area (Å²) in [7, 11) is 0. The van der Waals surface area contributed by atoms with Gasteiger partial charge >= 0.3 is 6.03 Å². The van der Waals surface area contributed by atoms with E-state index in [2.05, 4.69) is 68.2 Å². The van der Waals surface area contributed by atoms with Gasteiger partial charge in [-0.3, -0.25) is 4.90 Å². The largest absolute Gasteiger partial charge is 0.336 e. The standard InChI is InChI=1S/C14H21Br2N3O/c1-4-19(5-2)10(3)9-17-14(20)18-13-8-11(15)6-7-12(13)16/h6-8,10H,4-5,9H2,1-3H3,(H2,17,18,20). The summed E-state index contributed by atoms with van der Waals surface area (Å²) in [5, 5.41) is 5.73. The van der Waals surface area contributed by atoms with E-state index in [-0.39, 0.29) is 6.03 Å². The van der Waals surface area contributed by atoms with Crippen LogP contribution in [0, 0.1) is 0 Å². The van der Waals surface area contributed by atoms with Crippen LogP contribution in [0.2, 0.25) is 0 Å². The van der Waals surface area contributed by atoms with Crippen LogP contribution in [0.4, 0.5) is 10.5 Å².